The molecule has 1 atom stereocenters. The molecule has 0 aliphatic carbocycles. The maximum atomic E-state index is 13.1. The van der Waals surface area contributed by atoms with Crippen LogP contribution in [-0.2, 0) is 9.59 Å². The first kappa shape index (κ1) is 26.8. The highest BCUT2D eigenvalue weighted by Crippen LogP contribution is 2.25. The van der Waals surface area contributed by atoms with Crippen LogP contribution in [0.5, 0.6) is 0 Å². The zero-order chi connectivity index (χ0) is 28.5. The second kappa shape index (κ2) is 11.2. The topological polar surface area (TPSA) is 160 Å². The largest absolute Gasteiger partial charge is 0.369 e. The molecule has 3 saturated heterocycles. The highest BCUT2D eigenvalue weighted by Gasteiger charge is 2.30. The van der Waals surface area contributed by atoms with Crippen molar-refractivity contribution in [3.63, 3.8) is 0 Å². The number of fused-ring (bicyclic) bond motifs is 1. The monoisotopic (exact) mass is 559 g/mol. The molecule has 3 aliphatic rings. The lowest BCUT2D eigenvalue weighted by atomic mass is 9.96. The number of imide groups is 1. The van der Waals surface area contributed by atoms with E-state index in [1.807, 2.05) is 18.2 Å². The van der Waals surface area contributed by atoms with Gasteiger partial charge in [-0.3, -0.25) is 29.4 Å². The maximum Gasteiger partial charge on any atom is 0.275 e. The van der Waals surface area contributed by atoms with E-state index in [2.05, 4.69) is 35.1 Å². The van der Waals surface area contributed by atoms with Crippen LogP contribution in [0.3, 0.4) is 0 Å². The highest BCUT2D eigenvalue weighted by molar-refractivity contribution is 5.99. The lowest BCUT2D eigenvalue weighted by molar-refractivity contribution is -0.136. The van der Waals surface area contributed by atoms with Crippen molar-refractivity contribution in [1.29, 1.82) is 0 Å². The quantitative estimate of drug-likeness (QED) is 0.402. The Hall–Kier alpha value is -4.39. The molecule has 41 heavy (non-hydrogen) atoms. The Kier molecular flexibility index (Phi) is 7.35. The minimum atomic E-state index is -0.770. The Morgan fingerprint density at radius 1 is 0.927 bits per heavy atom. The van der Waals surface area contributed by atoms with Gasteiger partial charge in [0.25, 0.3) is 17.4 Å². The SMILES string of the molecule is NC(=O)c1cnc(N2CCC(CN3CCN(c4ccc5c(=O)n([C@H]6CCC(=O)NC6=O)ncc5c4)CC3)CC2)cn1. The number of nitrogens with zero attached hydrogens (tertiary/aromatic N) is 7. The number of piperazine rings is 1. The summed E-state index contributed by atoms with van der Waals surface area (Å²) in [7, 11) is 0. The second-order valence-electron chi connectivity index (χ2n) is 11.0. The van der Waals surface area contributed by atoms with E-state index in [-0.39, 0.29) is 30.0 Å². The van der Waals surface area contributed by atoms with Crippen molar-refractivity contribution in [2.24, 2.45) is 11.7 Å². The molecule has 13 heteroatoms. The van der Waals surface area contributed by atoms with Crippen LogP contribution in [0.15, 0.2) is 41.6 Å². The summed E-state index contributed by atoms with van der Waals surface area (Å²) in [6.45, 7) is 6.61. The number of piperidine rings is 2. The van der Waals surface area contributed by atoms with Gasteiger partial charge in [-0.25, -0.2) is 14.6 Å². The van der Waals surface area contributed by atoms with Crippen molar-refractivity contribution < 1.29 is 14.4 Å². The Balaban J connectivity index is 1.02. The summed E-state index contributed by atoms with van der Waals surface area (Å²) in [5.41, 5.74) is 6.16. The summed E-state index contributed by atoms with van der Waals surface area (Å²) < 4.78 is 1.19. The minimum Gasteiger partial charge on any atom is -0.369 e. The standard InChI is InChI=1S/C28H33N9O4/c29-26(39)22-15-31-24(16-30-22)36-7-5-18(6-8-36)17-34-9-11-35(12-10-34)20-1-2-21-19(13-20)14-32-37(28(21)41)23-3-4-25(38)33-27(23)40/h1-2,13-16,18,23H,3-12,17H2,(H2,29,39)(H,33,38,40)/t23-/m0/s1. The number of carbonyl (C=O) groups is 3. The van der Waals surface area contributed by atoms with Crippen molar-refractivity contribution in [2.75, 3.05) is 55.6 Å². The zero-order valence-corrected chi connectivity index (χ0v) is 22.7. The second-order valence-corrected chi connectivity index (χ2v) is 11.0. The van der Waals surface area contributed by atoms with Crippen molar-refractivity contribution in [1.82, 2.24) is 30.0 Å². The predicted molar refractivity (Wildman–Crippen MR) is 152 cm³/mol. The fraction of sp³-hybridized carbons (Fsp3) is 0.464. The van der Waals surface area contributed by atoms with Gasteiger partial charge in [-0.2, -0.15) is 5.10 Å². The Bertz CT molecular complexity index is 1520. The minimum absolute atomic E-state index is 0.177. The molecule has 13 nitrogen and oxygen atoms in total. The van der Waals surface area contributed by atoms with Crippen molar-refractivity contribution >= 4 is 40.0 Å². The summed E-state index contributed by atoms with van der Waals surface area (Å²) in [6.07, 6.45) is 7.30. The molecule has 3 aliphatic heterocycles. The van der Waals surface area contributed by atoms with E-state index in [4.69, 9.17) is 5.73 Å². The fourth-order valence-electron chi connectivity index (χ4n) is 6.00. The van der Waals surface area contributed by atoms with Gasteiger partial charge < -0.3 is 15.5 Å². The molecule has 0 unspecified atom stereocenters. The van der Waals surface area contributed by atoms with E-state index in [0.29, 0.717) is 11.3 Å². The van der Waals surface area contributed by atoms with Gasteiger partial charge in [-0.15, -0.1) is 0 Å². The Morgan fingerprint density at radius 3 is 2.39 bits per heavy atom. The number of aromatic nitrogens is 4. The summed E-state index contributed by atoms with van der Waals surface area (Å²) in [6, 6.07) is 4.99. The van der Waals surface area contributed by atoms with E-state index in [1.165, 1.54) is 10.9 Å². The van der Waals surface area contributed by atoms with Gasteiger partial charge in [0.05, 0.1) is 24.0 Å². The molecule has 3 aromatic rings. The third-order valence-electron chi connectivity index (χ3n) is 8.38. The molecule has 3 N–H and O–H groups in total. The van der Waals surface area contributed by atoms with Crippen LogP contribution in [0, 0.1) is 5.92 Å². The molecule has 3 amide bonds. The molecule has 214 valence electrons. The molecular formula is C28H33N9O4. The van der Waals surface area contributed by atoms with E-state index >= 15 is 0 Å². The number of hydrogen-bond acceptors (Lipinski definition) is 10. The number of anilines is 2. The normalized spacial score (nSPS) is 20.8. The molecule has 0 radical (unpaired) electrons. The van der Waals surface area contributed by atoms with Gasteiger partial charge in [0, 0.05) is 63.3 Å². The third-order valence-corrected chi connectivity index (χ3v) is 8.38. The average Bonchev–Trinajstić information content (AvgIpc) is 2.98. The van der Waals surface area contributed by atoms with Gasteiger partial charge in [0.15, 0.2) is 0 Å². The summed E-state index contributed by atoms with van der Waals surface area (Å²) in [5.74, 6) is 0.0187. The van der Waals surface area contributed by atoms with Crippen molar-refractivity contribution in [3.8, 4) is 0 Å². The van der Waals surface area contributed by atoms with Gasteiger partial charge in [-0.05, 0) is 43.4 Å². The number of rotatable bonds is 6. The van der Waals surface area contributed by atoms with E-state index in [0.717, 1.165) is 75.5 Å². The molecule has 6 rings (SSSR count). The average molecular weight is 560 g/mol. The summed E-state index contributed by atoms with van der Waals surface area (Å²) >= 11 is 0. The smallest absolute Gasteiger partial charge is 0.275 e. The molecule has 0 spiro atoms. The van der Waals surface area contributed by atoms with Crippen LogP contribution in [0.25, 0.3) is 10.8 Å². The van der Waals surface area contributed by atoms with Gasteiger partial charge in [0.2, 0.25) is 5.91 Å². The lowest BCUT2D eigenvalue weighted by Crippen LogP contribution is -2.49. The fourth-order valence-corrected chi connectivity index (χ4v) is 6.00. The number of hydrogen-bond donors (Lipinski definition) is 2. The Labute approximate surface area is 236 Å². The van der Waals surface area contributed by atoms with Crippen molar-refractivity contribution in [3.05, 3.63) is 52.8 Å². The van der Waals surface area contributed by atoms with E-state index in [9.17, 15) is 19.2 Å². The molecule has 3 fully saturated rings. The van der Waals surface area contributed by atoms with Crippen LogP contribution >= 0.6 is 0 Å². The van der Waals surface area contributed by atoms with Gasteiger partial charge >= 0.3 is 0 Å². The highest BCUT2D eigenvalue weighted by atomic mass is 16.2. The van der Waals surface area contributed by atoms with Gasteiger partial charge in [-0.1, -0.05) is 0 Å². The predicted octanol–water partition coefficient (Wildman–Crippen LogP) is 0.302. The molecular weight excluding hydrogens is 526 g/mol. The van der Waals surface area contributed by atoms with Crippen LogP contribution in [0.2, 0.25) is 0 Å². The number of carbonyl (C=O) groups excluding carboxylic acids is 3. The molecule has 0 bridgehead atoms. The first-order valence-electron chi connectivity index (χ1n) is 14.0. The number of benzene rings is 1. The molecule has 0 saturated carbocycles. The number of nitrogens with two attached hydrogens (primary N) is 1. The van der Waals surface area contributed by atoms with Crippen LogP contribution < -0.4 is 26.4 Å². The van der Waals surface area contributed by atoms with E-state index in [1.54, 1.807) is 12.4 Å². The van der Waals surface area contributed by atoms with Crippen LogP contribution in [-0.4, -0.2) is 88.2 Å². The third kappa shape index (κ3) is 5.62. The number of primary amides is 1. The van der Waals surface area contributed by atoms with Crippen LogP contribution in [0.1, 0.15) is 42.2 Å². The first-order chi connectivity index (χ1) is 19.9. The lowest BCUT2D eigenvalue weighted by Gasteiger charge is -2.39. The molecule has 1 aromatic carbocycles. The number of nitrogens with one attached hydrogen (secondary N) is 1. The Morgan fingerprint density at radius 2 is 1.71 bits per heavy atom. The van der Waals surface area contributed by atoms with Gasteiger partial charge in [0.1, 0.15) is 17.6 Å². The van der Waals surface area contributed by atoms with Crippen molar-refractivity contribution in [2.45, 2.75) is 31.7 Å². The van der Waals surface area contributed by atoms with E-state index < -0.39 is 17.9 Å². The zero-order valence-electron chi connectivity index (χ0n) is 22.7. The summed E-state index contributed by atoms with van der Waals surface area (Å²) in [4.78, 5) is 63.6. The molecule has 5 heterocycles. The van der Waals surface area contributed by atoms with Crippen LogP contribution in [0.4, 0.5) is 11.5 Å². The first-order valence-corrected chi connectivity index (χ1v) is 14.0. The summed E-state index contributed by atoms with van der Waals surface area (Å²) in [5, 5.41) is 7.81. The maximum absolute atomic E-state index is 13.1. The molecule has 2 aromatic heterocycles. The number of amides is 3.